The summed E-state index contributed by atoms with van der Waals surface area (Å²) in [5, 5.41) is 0. The van der Waals surface area contributed by atoms with Crippen LogP contribution in [0.25, 0.3) is 66.8 Å². The predicted octanol–water partition coefficient (Wildman–Crippen LogP) is 26.5. The molecule has 11 aromatic rings. The summed E-state index contributed by atoms with van der Waals surface area (Å²) in [5.74, 6) is 1.22. The topological polar surface area (TPSA) is 43.4 Å². The second kappa shape index (κ2) is 33.1. The van der Waals surface area contributed by atoms with Crippen LogP contribution in [0.5, 0.6) is 0 Å². The Balaban J connectivity index is 0.852. The number of rotatable bonds is 28. The third-order valence-electron chi connectivity index (χ3n) is 23.3. The summed E-state index contributed by atoms with van der Waals surface area (Å²) >= 11 is 0. The number of nitrogens with zero attached hydrogens (tertiary/aromatic N) is 2. The van der Waals surface area contributed by atoms with Crippen molar-refractivity contribution < 1.29 is 18.6 Å². The first kappa shape index (κ1) is 77.2. The van der Waals surface area contributed by atoms with Gasteiger partial charge in [0.15, 0.2) is 0 Å². The van der Waals surface area contributed by atoms with Crippen molar-refractivity contribution in [1.82, 2.24) is 0 Å². The van der Waals surface area contributed by atoms with Crippen molar-refractivity contribution in [1.29, 1.82) is 0 Å². The number of benzene rings is 11. The molecule has 0 atom stereocenters. The summed E-state index contributed by atoms with van der Waals surface area (Å²) in [4.78, 5) is 4.86. The quantitative estimate of drug-likeness (QED) is 0.0360. The predicted molar refractivity (Wildman–Crippen MR) is 462 cm³/mol. The highest BCUT2D eigenvalue weighted by atomic mass is 16.7. The molecule has 0 bridgehead atoms. The van der Waals surface area contributed by atoms with E-state index in [1.54, 1.807) is 0 Å². The molecule has 0 aliphatic carbocycles. The Hall–Kier alpha value is -9.01. The lowest BCUT2D eigenvalue weighted by molar-refractivity contribution is 0.00578. The lowest BCUT2D eigenvalue weighted by Crippen LogP contribution is -2.41. The summed E-state index contributed by atoms with van der Waals surface area (Å²) in [6.45, 7) is 35.3. The Morgan fingerprint density at radius 1 is 0.287 bits per heavy atom. The van der Waals surface area contributed by atoms with Crippen LogP contribution in [0.3, 0.4) is 0 Å². The summed E-state index contributed by atoms with van der Waals surface area (Å²) in [5.41, 5.74) is 29.9. The van der Waals surface area contributed by atoms with E-state index in [1.165, 1.54) is 116 Å². The Morgan fingerprint density at radius 2 is 0.537 bits per heavy atom. The number of hydrogen-bond acceptors (Lipinski definition) is 6. The third kappa shape index (κ3) is 17.3. The van der Waals surface area contributed by atoms with Gasteiger partial charge in [-0.05, 0) is 303 Å². The molecule has 13 rings (SSSR count). The second-order valence-electron chi connectivity index (χ2n) is 33.7. The first-order chi connectivity index (χ1) is 51.8. The minimum Gasteiger partial charge on any atom is -0.399 e. The van der Waals surface area contributed by atoms with E-state index in [9.17, 15) is 0 Å². The highest BCUT2D eigenvalue weighted by molar-refractivity contribution is 6.62. The van der Waals surface area contributed by atoms with Crippen molar-refractivity contribution in [3.8, 4) is 66.8 Å². The van der Waals surface area contributed by atoms with Crippen LogP contribution in [-0.4, -0.2) is 36.6 Å². The molecule has 0 amide bonds. The number of unbranched alkanes of at least 4 members (excludes halogenated alkanes) is 6. The van der Waals surface area contributed by atoms with Crippen LogP contribution < -0.4 is 20.7 Å². The molecule has 0 saturated carbocycles. The fraction of sp³-hybridized carbons (Fsp3) is 0.340. The van der Waals surface area contributed by atoms with Crippen LogP contribution in [-0.2, 0) is 44.3 Å². The number of hydrogen-bond donors (Lipinski definition) is 0. The molecule has 8 heteroatoms. The molecule has 6 nitrogen and oxygen atoms in total. The van der Waals surface area contributed by atoms with E-state index >= 15 is 0 Å². The standard InChI is InChI=1S/C100H114B2N2O4/c1-17-19-21-23-25-83-67-96(94-62-60-92(66-72(94)8)104(88-53-41-80(42-54-88)76-33-29-74(30-34-76)64-70(5)6)90-57-45-82(46-58-90)78-37-49-86(50-38-78)102-107-99(13,14)100(15,16)108-102)84(26-24-22-20-18-2)68-95(83)93-61-59-91(65-71(93)7)103(87-51-39-79(40-52-87)75-31-27-73(28-32-75)63-69(3)4)89-55-43-81(44-56-89)77-35-47-85(48-36-77)101-105-97(9,10)98(11,12)106-101/h27-62,65-70H,17-26,63-64H2,1-16H3. The van der Waals surface area contributed by atoms with Crippen LogP contribution in [0.15, 0.2) is 243 Å². The minimum absolute atomic E-state index is 0.404. The molecule has 0 N–H and O–H groups in total. The van der Waals surface area contributed by atoms with Crippen molar-refractivity contribution in [2.45, 2.75) is 210 Å². The lowest BCUT2D eigenvalue weighted by Gasteiger charge is -2.32. The van der Waals surface area contributed by atoms with Gasteiger partial charge in [-0.15, -0.1) is 0 Å². The van der Waals surface area contributed by atoms with Crippen LogP contribution >= 0.6 is 0 Å². The van der Waals surface area contributed by atoms with E-state index in [1.807, 2.05) is 0 Å². The van der Waals surface area contributed by atoms with Crippen molar-refractivity contribution in [2.24, 2.45) is 11.8 Å². The van der Waals surface area contributed by atoms with Crippen LogP contribution in [0.1, 0.15) is 182 Å². The first-order valence-corrected chi connectivity index (χ1v) is 40.3. The summed E-state index contributed by atoms with van der Waals surface area (Å²) in [6.07, 6.45) is 13.7. The normalized spacial score (nSPS) is 15.0. The zero-order valence-corrected chi connectivity index (χ0v) is 67.4. The van der Waals surface area contributed by atoms with E-state index in [0.29, 0.717) is 11.8 Å². The van der Waals surface area contributed by atoms with Gasteiger partial charge < -0.3 is 28.4 Å². The second-order valence-corrected chi connectivity index (χ2v) is 33.7. The van der Waals surface area contributed by atoms with Gasteiger partial charge in [0, 0.05) is 34.1 Å². The van der Waals surface area contributed by atoms with Gasteiger partial charge in [0.2, 0.25) is 0 Å². The van der Waals surface area contributed by atoms with Gasteiger partial charge in [-0.1, -0.05) is 250 Å². The molecular weight excluding hydrogens is 1310 g/mol. The molecule has 554 valence electrons. The molecule has 2 saturated heterocycles. The maximum atomic E-state index is 6.43. The summed E-state index contributed by atoms with van der Waals surface area (Å²) in [7, 11) is -0.814. The molecule has 2 fully saturated rings. The van der Waals surface area contributed by atoms with Crippen molar-refractivity contribution >= 4 is 59.3 Å². The molecule has 2 aliphatic rings. The first-order valence-electron chi connectivity index (χ1n) is 40.3. The molecular formula is C100H114B2N2O4. The van der Waals surface area contributed by atoms with Crippen molar-refractivity contribution in [3.63, 3.8) is 0 Å². The van der Waals surface area contributed by atoms with Gasteiger partial charge in [0.25, 0.3) is 0 Å². The zero-order chi connectivity index (χ0) is 76.1. The summed E-state index contributed by atoms with van der Waals surface area (Å²) < 4.78 is 25.7. The lowest BCUT2D eigenvalue weighted by atomic mass is 9.78. The monoisotopic (exact) mass is 1430 g/mol. The minimum atomic E-state index is -0.407. The van der Waals surface area contributed by atoms with Crippen molar-refractivity contribution in [3.05, 3.63) is 276 Å². The molecule has 0 spiro atoms. The third-order valence-corrected chi connectivity index (χ3v) is 23.3. The smallest absolute Gasteiger partial charge is 0.399 e. The van der Waals surface area contributed by atoms with Crippen LogP contribution in [0, 0.1) is 25.7 Å². The maximum absolute atomic E-state index is 6.43. The fourth-order valence-corrected chi connectivity index (χ4v) is 15.6. The SMILES string of the molecule is CCCCCCc1cc(-c2ccc(N(c3ccc(-c4ccc(CC(C)C)cc4)cc3)c3ccc(-c4ccc(B5OC(C)(C)C(C)(C)O5)cc4)cc3)cc2C)c(CCCCCC)cc1-c1ccc(N(c2ccc(-c3ccc(CC(C)C)cc3)cc2)c2ccc(-c3ccc(B4OC(C)(C)C(C)(C)O4)cc3)cc2)cc1C. The van der Waals surface area contributed by atoms with Crippen LogP contribution in [0.2, 0.25) is 0 Å². The Labute approximate surface area is 648 Å². The van der Waals surface area contributed by atoms with E-state index in [4.69, 9.17) is 18.6 Å². The van der Waals surface area contributed by atoms with E-state index in [2.05, 4.69) is 363 Å². The molecule has 2 heterocycles. The van der Waals surface area contributed by atoms with Gasteiger partial charge in [-0.2, -0.15) is 0 Å². The average Bonchev–Trinajstić information content (AvgIpc) is 0.984. The van der Waals surface area contributed by atoms with Gasteiger partial charge in [-0.25, -0.2) is 0 Å². The van der Waals surface area contributed by atoms with Gasteiger partial charge in [-0.3, -0.25) is 0 Å². The molecule has 11 aromatic carbocycles. The Morgan fingerprint density at radius 3 is 0.787 bits per heavy atom. The number of aryl methyl sites for hydroxylation is 4. The Bertz CT molecular complexity index is 4490. The van der Waals surface area contributed by atoms with Crippen molar-refractivity contribution in [2.75, 3.05) is 9.80 Å². The largest absolute Gasteiger partial charge is 0.494 e. The molecule has 0 radical (unpaired) electrons. The molecule has 108 heavy (non-hydrogen) atoms. The molecule has 0 aromatic heterocycles. The van der Waals surface area contributed by atoms with Crippen LogP contribution in [0.4, 0.5) is 34.1 Å². The maximum Gasteiger partial charge on any atom is 0.494 e. The molecule has 0 unspecified atom stereocenters. The van der Waals surface area contributed by atoms with Gasteiger partial charge in [0.05, 0.1) is 22.4 Å². The van der Waals surface area contributed by atoms with Gasteiger partial charge >= 0.3 is 14.2 Å². The highest BCUT2D eigenvalue weighted by Crippen LogP contribution is 2.46. The van der Waals surface area contributed by atoms with E-state index < -0.39 is 36.6 Å². The fourth-order valence-electron chi connectivity index (χ4n) is 15.6. The molecule has 2 aliphatic heterocycles. The summed E-state index contributed by atoms with van der Waals surface area (Å²) in [6, 6.07) is 91.7. The number of anilines is 6. The average molecular weight is 1430 g/mol. The van der Waals surface area contributed by atoms with Gasteiger partial charge in [0.1, 0.15) is 0 Å². The van der Waals surface area contributed by atoms with E-state index in [0.717, 1.165) is 106 Å². The Kier molecular flexibility index (Phi) is 23.6. The zero-order valence-electron chi connectivity index (χ0n) is 67.4. The van der Waals surface area contributed by atoms with E-state index in [-0.39, 0.29) is 0 Å². The highest BCUT2D eigenvalue weighted by Gasteiger charge is 2.53.